The van der Waals surface area contributed by atoms with E-state index < -0.39 is 6.10 Å². The molecule has 0 spiro atoms. The standard InChI is InChI=1S/C9H8N2.C3H8O3/c10-8-5-6-11-9-4-2-1-3-7(8)9;4-1-3(6)2-5/h1-6H,(H2,10,11);3-6H,1-2H2. The molecular formula is C12H16N2O3. The van der Waals surface area contributed by atoms with Gasteiger partial charge in [0, 0.05) is 17.3 Å². The molecule has 2 aromatic rings. The predicted octanol–water partition coefficient (Wildman–Crippen LogP) is 0.149. The summed E-state index contributed by atoms with van der Waals surface area (Å²) in [6, 6.07) is 9.64. The number of hydrogen-bond acceptors (Lipinski definition) is 5. The molecule has 0 radical (unpaired) electrons. The van der Waals surface area contributed by atoms with E-state index in [9.17, 15) is 0 Å². The highest BCUT2D eigenvalue weighted by atomic mass is 16.3. The lowest BCUT2D eigenvalue weighted by atomic mass is 10.2. The lowest BCUT2D eigenvalue weighted by Gasteiger charge is -1.97. The van der Waals surface area contributed by atoms with Gasteiger partial charge in [0.05, 0.1) is 18.7 Å². The molecule has 0 saturated heterocycles. The van der Waals surface area contributed by atoms with Crippen molar-refractivity contribution in [1.29, 1.82) is 0 Å². The first-order chi connectivity index (χ1) is 8.19. The summed E-state index contributed by atoms with van der Waals surface area (Å²) in [5.74, 6) is 0. The van der Waals surface area contributed by atoms with Gasteiger partial charge in [-0.15, -0.1) is 0 Å². The Labute approximate surface area is 99.2 Å². The van der Waals surface area contributed by atoms with Gasteiger partial charge in [-0.2, -0.15) is 0 Å². The second kappa shape index (κ2) is 6.80. The Bertz CT molecular complexity index is 453. The number of benzene rings is 1. The Kier molecular flexibility index (Phi) is 5.35. The zero-order valence-corrected chi connectivity index (χ0v) is 9.32. The third-order valence-electron chi connectivity index (χ3n) is 2.10. The summed E-state index contributed by atoms with van der Waals surface area (Å²) >= 11 is 0. The van der Waals surface area contributed by atoms with Gasteiger partial charge in [0.25, 0.3) is 0 Å². The normalized spacial score (nSPS) is 10.1. The second-order valence-electron chi connectivity index (χ2n) is 3.44. The minimum atomic E-state index is -0.954. The van der Waals surface area contributed by atoms with Crippen LogP contribution in [0.2, 0.25) is 0 Å². The number of nitrogens with zero attached hydrogens (tertiary/aromatic N) is 1. The average molecular weight is 236 g/mol. The fourth-order valence-corrected chi connectivity index (χ4v) is 1.18. The van der Waals surface area contributed by atoms with Crippen molar-refractivity contribution in [2.24, 2.45) is 0 Å². The number of nitrogen functional groups attached to an aromatic ring is 1. The molecule has 1 heterocycles. The maximum absolute atomic E-state index is 8.17. The maximum atomic E-state index is 8.17. The van der Waals surface area contributed by atoms with E-state index in [1.165, 1.54) is 0 Å². The number of aromatic nitrogens is 1. The molecule has 0 atom stereocenters. The van der Waals surface area contributed by atoms with Crippen LogP contribution in [0.25, 0.3) is 10.9 Å². The number of hydrogen-bond donors (Lipinski definition) is 4. The van der Waals surface area contributed by atoms with Crippen LogP contribution < -0.4 is 5.73 Å². The number of para-hydroxylation sites is 1. The molecule has 2 rings (SSSR count). The van der Waals surface area contributed by atoms with E-state index in [1.54, 1.807) is 6.20 Å². The summed E-state index contributed by atoms with van der Waals surface area (Å²) in [5, 5.41) is 25.0. The molecule has 0 saturated carbocycles. The summed E-state index contributed by atoms with van der Waals surface area (Å²) < 4.78 is 0. The van der Waals surface area contributed by atoms with Crippen LogP contribution in [0.5, 0.6) is 0 Å². The van der Waals surface area contributed by atoms with Crippen molar-refractivity contribution in [3.05, 3.63) is 36.5 Å². The molecule has 0 bridgehead atoms. The van der Waals surface area contributed by atoms with Crippen LogP contribution in [0.15, 0.2) is 36.5 Å². The fraction of sp³-hybridized carbons (Fsp3) is 0.250. The number of aliphatic hydroxyl groups is 3. The maximum Gasteiger partial charge on any atom is 0.100 e. The van der Waals surface area contributed by atoms with E-state index in [0.29, 0.717) is 0 Å². The monoisotopic (exact) mass is 236 g/mol. The number of fused-ring (bicyclic) bond motifs is 1. The summed E-state index contributed by atoms with van der Waals surface area (Å²) in [6.45, 7) is -0.729. The van der Waals surface area contributed by atoms with Gasteiger partial charge in [-0.05, 0) is 12.1 Å². The van der Waals surface area contributed by atoms with E-state index >= 15 is 0 Å². The third kappa shape index (κ3) is 3.99. The first-order valence-electron chi connectivity index (χ1n) is 5.18. The van der Waals surface area contributed by atoms with Gasteiger partial charge >= 0.3 is 0 Å². The van der Waals surface area contributed by atoms with E-state index in [2.05, 4.69) is 4.98 Å². The quantitative estimate of drug-likeness (QED) is 0.594. The van der Waals surface area contributed by atoms with Crippen molar-refractivity contribution in [3.63, 3.8) is 0 Å². The molecule has 5 heteroatoms. The Morgan fingerprint density at radius 3 is 2.29 bits per heavy atom. The number of aliphatic hydroxyl groups excluding tert-OH is 3. The number of nitrogens with two attached hydrogens (primary N) is 1. The highest BCUT2D eigenvalue weighted by Gasteiger charge is 1.94. The Balaban J connectivity index is 0.000000209. The Morgan fingerprint density at radius 1 is 1.12 bits per heavy atom. The van der Waals surface area contributed by atoms with Crippen molar-refractivity contribution in [3.8, 4) is 0 Å². The summed E-state index contributed by atoms with van der Waals surface area (Å²) in [7, 11) is 0. The molecule has 0 unspecified atom stereocenters. The molecule has 1 aromatic carbocycles. The first kappa shape index (κ1) is 13.4. The van der Waals surface area contributed by atoms with E-state index in [0.717, 1.165) is 16.6 Å². The largest absolute Gasteiger partial charge is 0.398 e. The Morgan fingerprint density at radius 2 is 1.76 bits per heavy atom. The third-order valence-corrected chi connectivity index (χ3v) is 2.10. The molecule has 17 heavy (non-hydrogen) atoms. The highest BCUT2D eigenvalue weighted by Crippen LogP contribution is 2.16. The van der Waals surface area contributed by atoms with Gasteiger partial charge < -0.3 is 21.1 Å². The van der Waals surface area contributed by atoms with Crippen LogP contribution in [0.4, 0.5) is 5.69 Å². The van der Waals surface area contributed by atoms with Crippen molar-refractivity contribution < 1.29 is 15.3 Å². The van der Waals surface area contributed by atoms with Crippen LogP contribution in [0, 0.1) is 0 Å². The van der Waals surface area contributed by atoms with Gasteiger partial charge in [-0.3, -0.25) is 4.98 Å². The van der Waals surface area contributed by atoms with Crippen LogP contribution in [0.3, 0.4) is 0 Å². The number of rotatable bonds is 2. The van der Waals surface area contributed by atoms with Gasteiger partial charge in [0.15, 0.2) is 0 Å². The van der Waals surface area contributed by atoms with Crippen LogP contribution >= 0.6 is 0 Å². The van der Waals surface area contributed by atoms with Gasteiger partial charge in [0.1, 0.15) is 6.10 Å². The van der Waals surface area contributed by atoms with Crippen molar-refractivity contribution in [1.82, 2.24) is 4.98 Å². The molecule has 0 aliphatic carbocycles. The topological polar surface area (TPSA) is 99.6 Å². The lowest BCUT2D eigenvalue weighted by molar-refractivity contribution is 0.0450. The molecular weight excluding hydrogens is 220 g/mol. The van der Waals surface area contributed by atoms with Gasteiger partial charge in [0.2, 0.25) is 0 Å². The number of pyridine rings is 1. The fourth-order valence-electron chi connectivity index (χ4n) is 1.18. The molecule has 0 aliphatic heterocycles. The molecule has 1 aromatic heterocycles. The van der Waals surface area contributed by atoms with Gasteiger partial charge in [-0.25, -0.2) is 0 Å². The van der Waals surface area contributed by atoms with Crippen molar-refractivity contribution in [2.45, 2.75) is 6.10 Å². The van der Waals surface area contributed by atoms with Crippen molar-refractivity contribution in [2.75, 3.05) is 18.9 Å². The van der Waals surface area contributed by atoms with E-state index in [4.69, 9.17) is 21.1 Å². The summed E-state index contributed by atoms with van der Waals surface area (Å²) in [6.07, 6.45) is 0.766. The molecule has 92 valence electrons. The molecule has 5 nitrogen and oxygen atoms in total. The zero-order valence-electron chi connectivity index (χ0n) is 9.32. The average Bonchev–Trinajstić information content (AvgIpc) is 2.39. The minimum Gasteiger partial charge on any atom is -0.398 e. The van der Waals surface area contributed by atoms with Gasteiger partial charge in [-0.1, -0.05) is 18.2 Å². The minimum absolute atomic E-state index is 0.365. The molecule has 0 aliphatic rings. The van der Waals surface area contributed by atoms with Crippen molar-refractivity contribution >= 4 is 16.6 Å². The van der Waals surface area contributed by atoms with Crippen LogP contribution in [-0.2, 0) is 0 Å². The van der Waals surface area contributed by atoms with Crippen LogP contribution in [0.1, 0.15) is 0 Å². The number of anilines is 1. The van der Waals surface area contributed by atoms with E-state index in [1.807, 2.05) is 30.3 Å². The van der Waals surface area contributed by atoms with Crippen LogP contribution in [-0.4, -0.2) is 39.6 Å². The smallest absolute Gasteiger partial charge is 0.100 e. The van der Waals surface area contributed by atoms with E-state index in [-0.39, 0.29) is 13.2 Å². The zero-order chi connectivity index (χ0) is 12.7. The molecule has 0 amide bonds. The second-order valence-corrected chi connectivity index (χ2v) is 3.44. The SMILES string of the molecule is Nc1ccnc2ccccc12.OCC(O)CO. The first-order valence-corrected chi connectivity index (χ1v) is 5.18. The highest BCUT2D eigenvalue weighted by molar-refractivity contribution is 5.89. The summed E-state index contributed by atoms with van der Waals surface area (Å²) in [4.78, 5) is 4.16. The Hall–Kier alpha value is -1.69. The molecule has 0 fully saturated rings. The predicted molar refractivity (Wildman–Crippen MR) is 66.3 cm³/mol. The molecule has 5 N–H and O–H groups in total. The lowest BCUT2D eigenvalue weighted by Crippen LogP contribution is -2.15. The summed E-state index contributed by atoms with van der Waals surface area (Å²) in [5.41, 5.74) is 7.46.